The SMILES string of the molecule is CN(C)c1ccc([C@@H](N)CC#N)o1. The number of anilines is 1. The Morgan fingerprint density at radius 2 is 2.31 bits per heavy atom. The van der Waals surface area contributed by atoms with Crippen LogP contribution in [0.4, 0.5) is 5.88 Å². The van der Waals surface area contributed by atoms with Crippen molar-refractivity contribution in [2.45, 2.75) is 12.5 Å². The average Bonchev–Trinajstić information content (AvgIpc) is 2.52. The van der Waals surface area contributed by atoms with Crippen LogP contribution in [0.1, 0.15) is 18.2 Å². The van der Waals surface area contributed by atoms with E-state index in [1.807, 2.05) is 31.1 Å². The number of nitrogens with two attached hydrogens (primary N) is 1. The molecule has 1 heterocycles. The van der Waals surface area contributed by atoms with Gasteiger partial charge >= 0.3 is 0 Å². The predicted molar refractivity (Wildman–Crippen MR) is 50.2 cm³/mol. The molecule has 70 valence electrons. The summed E-state index contributed by atoms with van der Waals surface area (Å²) in [6, 6.07) is 5.33. The summed E-state index contributed by atoms with van der Waals surface area (Å²) in [4.78, 5) is 1.85. The van der Waals surface area contributed by atoms with E-state index < -0.39 is 0 Å². The van der Waals surface area contributed by atoms with Gasteiger partial charge in [0.2, 0.25) is 0 Å². The molecule has 4 nitrogen and oxygen atoms in total. The molecular formula is C9H13N3O. The highest BCUT2D eigenvalue weighted by Gasteiger charge is 2.10. The van der Waals surface area contributed by atoms with Gasteiger partial charge in [-0.3, -0.25) is 0 Å². The maximum Gasteiger partial charge on any atom is 0.195 e. The Labute approximate surface area is 77.5 Å². The molecule has 0 amide bonds. The molecule has 13 heavy (non-hydrogen) atoms. The van der Waals surface area contributed by atoms with E-state index in [0.29, 0.717) is 5.76 Å². The van der Waals surface area contributed by atoms with E-state index in [0.717, 1.165) is 5.88 Å². The topological polar surface area (TPSA) is 66.2 Å². The van der Waals surface area contributed by atoms with Crippen LogP contribution in [0, 0.1) is 11.3 Å². The molecule has 1 rings (SSSR count). The molecule has 1 aromatic rings. The van der Waals surface area contributed by atoms with Crippen molar-refractivity contribution in [2.24, 2.45) is 5.73 Å². The third-order valence-electron chi connectivity index (χ3n) is 1.73. The lowest BCUT2D eigenvalue weighted by molar-refractivity contribution is 0.471. The zero-order valence-electron chi connectivity index (χ0n) is 7.82. The fourth-order valence-corrected chi connectivity index (χ4v) is 0.981. The monoisotopic (exact) mass is 179 g/mol. The zero-order chi connectivity index (χ0) is 9.84. The normalized spacial score (nSPS) is 12.2. The summed E-state index contributed by atoms with van der Waals surface area (Å²) in [5, 5.41) is 8.43. The van der Waals surface area contributed by atoms with Crippen LogP contribution in [-0.2, 0) is 0 Å². The second-order valence-electron chi connectivity index (χ2n) is 3.04. The minimum Gasteiger partial charge on any atom is -0.444 e. The molecule has 0 spiro atoms. The van der Waals surface area contributed by atoms with Gasteiger partial charge in [-0.05, 0) is 6.07 Å². The van der Waals surface area contributed by atoms with Gasteiger partial charge < -0.3 is 15.1 Å². The molecule has 1 aromatic heterocycles. The second kappa shape index (κ2) is 3.97. The molecule has 0 aromatic carbocycles. The van der Waals surface area contributed by atoms with E-state index in [2.05, 4.69) is 0 Å². The molecule has 0 saturated heterocycles. The minimum absolute atomic E-state index is 0.278. The van der Waals surface area contributed by atoms with Gasteiger partial charge in [-0.1, -0.05) is 0 Å². The summed E-state index contributed by atoms with van der Waals surface area (Å²) in [6.07, 6.45) is 0.278. The first-order valence-electron chi connectivity index (χ1n) is 4.04. The molecule has 4 heteroatoms. The van der Waals surface area contributed by atoms with Gasteiger partial charge in [0, 0.05) is 20.2 Å². The van der Waals surface area contributed by atoms with Crippen molar-refractivity contribution in [2.75, 3.05) is 19.0 Å². The predicted octanol–water partition coefficient (Wildman–Crippen LogP) is 1.26. The summed E-state index contributed by atoms with van der Waals surface area (Å²) in [6.45, 7) is 0. The maximum absolute atomic E-state index is 8.43. The van der Waals surface area contributed by atoms with Gasteiger partial charge in [0.05, 0.1) is 18.5 Å². The molecule has 2 N–H and O–H groups in total. The summed E-state index contributed by atoms with van der Waals surface area (Å²) >= 11 is 0. The van der Waals surface area contributed by atoms with E-state index in [4.69, 9.17) is 15.4 Å². The lowest BCUT2D eigenvalue weighted by atomic mass is 10.2. The van der Waals surface area contributed by atoms with Crippen LogP contribution in [0.25, 0.3) is 0 Å². The van der Waals surface area contributed by atoms with Gasteiger partial charge in [-0.25, -0.2) is 0 Å². The standard InChI is InChI=1S/C9H13N3O/c1-12(2)9-4-3-8(13-9)7(11)5-6-10/h3-4,7H,5,11H2,1-2H3/t7-/m0/s1. The van der Waals surface area contributed by atoms with Crippen LogP contribution in [-0.4, -0.2) is 14.1 Å². The Hall–Kier alpha value is -1.47. The summed E-state index contributed by atoms with van der Waals surface area (Å²) < 4.78 is 5.41. The van der Waals surface area contributed by atoms with E-state index >= 15 is 0 Å². The van der Waals surface area contributed by atoms with Crippen molar-refractivity contribution < 1.29 is 4.42 Å². The zero-order valence-corrected chi connectivity index (χ0v) is 7.82. The van der Waals surface area contributed by atoms with E-state index in [1.165, 1.54) is 0 Å². The number of nitrogens with zero attached hydrogens (tertiary/aromatic N) is 2. The first kappa shape index (κ1) is 9.62. The van der Waals surface area contributed by atoms with Gasteiger partial charge in [0.1, 0.15) is 5.76 Å². The second-order valence-corrected chi connectivity index (χ2v) is 3.04. The molecule has 0 saturated carbocycles. The fourth-order valence-electron chi connectivity index (χ4n) is 0.981. The highest BCUT2D eigenvalue weighted by molar-refractivity contribution is 5.34. The largest absolute Gasteiger partial charge is 0.444 e. The molecule has 0 radical (unpaired) electrons. The fraction of sp³-hybridized carbons (Fsp3) is 0.444. The number of hydrogen-bond donors (Lipinski definition) is 1. The molecule has 0 aliphatic rings. The highest BCUT2D eigenvalue weighted by atomic mass is 16.4. The van der Waals surface area contributed by atoms with Crippen LogP contribution in [0.5, 0.6) is 0 Å². The number of nitriles is 1. The Bertz CT molecular complexity index is 311. The molecule has 0 fully saturated rings. The van der Waals surface area contributed by atoms with Crippen LogP contribution < -0.4 is 10.6 Å². The smallest absolute Gasteiger partial charge is 0.195 e. The van der Waals surface area contributed by atoms with Crippen molar-refractivity contribution in [3.63, 3.8) is 0 Å². The van der Waals surface area contributed by atoms with Crippen molar-refractivity contribution in [1.82, 2.24) is 0 Å². The highest BCUT2D eigenvalue weighted by Crippen LogP contribution is 2.21. The quantitative estimate of drug-likeness (QED) is 0.758. The van der Waals surface area contributed by atoms with Crippen molar-refractivity contribution in [1.29, 1.82) is 5.26 Å². The van der Waals surface area contributed by atoms with E-state index in [9.17, 15) is 0 Å². The maximum atomic E-state index is 8.43. The Morgan fingerprint density at radius 3 is 2.77 bits per heavy atom. The Morgan fingerprint density at radius 1 is 1.62 bits per heavy atom. The van der Waals surface area contributed by atoms with Crippen LogP contribution in [0.3, 0.4) is 0 Å². The molecular weight excluding hydrogens is 166 g/mol. The first-order chi connectivity index (χ1) is 6.15. The van der Waals surface area contributed by atoms with Crippen molar-refractivity contribution in [3.8, 4) is 6.07 Å². The average molecular weight is 179 g/mol. The molecule has 0 unspecified atom stereocenters. The molecule has 0 bridgehead atoms. The van der Waals surface area contributed by atoms with Crippen LogP contribution in [0.15, 0.2) is 16.5 Å². The van der Waals surface area contributed by atoms with Crippen molar-refractivity contribution in [3.05, 3.63) is 17.9 Å². The first-order valence-corrected chi connectivity index (χ1v) is 4.04. The van der Waals surface area contributed by atoms with Crippen molar-refractivity contribution >= 4 is 5.88 Å². The lowest BCUT2D eigenvalue weighted by Gasteiger charge is -2.07. The Balaban J connectivity index is 2.74. The molecule has 0 aliphatic heterocycles. The summed E-state index contributed by atoms with van der Waals surface area (Å²) in [7, 11) is 3.77. The molecule has 1 atom stereocenters. The summed E-state index contributed by atoms with van der Waals surface area (Å²) in [5.74, 6) is 1.41. The lowest BCUT2D eigenvalue weighted by Crippen LogP contribution is -2.09. The number of rotatable bonds is 3. The minimum atomic E-state index is -0.321. The van der Waals surface area contributed by atoms with E-state index in [1.54, 1.807) is 6.07 Å². The van der Waals surface area contributed by atoms with Crippen LogP contribution >= 0.6 is 0 Å². The number of hydrogen-bond acceptors (Lipinski definition) is 4. The van der Waals surface area contributed by atoms with Gasteiger partial charge in [0.25, 0.3) is 0 Å². The van der Waals surface area contributed by atoms with Gasteiger partial charge in [-0.15, -0.1) is 0 Å². The van der Waals surface area contributed by atoms with Gasteiger partial charge in [-0.2, -0.15) is 5.26 Å². The third kappa shape index (κ3) is 2.23. The summed E-state index contributed by atoms with van der Waals surface area (Å²) in [5.41, 5.74) is 5.68. The third-order valence-corrected chi connectivity index (χ3v) is 1.73. The molecule has 0 aliphatic carbocycles. The van der Waals surface area contributed by atoms with E-state index in [-0.39, 0.29) is 12.5 Å². The Kier molecular flexibility index (Phi) is 2.93. The van der Waals surface area contributed by atoms with Crippen LogP contribution in [0.2, 0.25) is 0 Å². The van der Waals surface area contributed by atoms with Gasteiger partial charge in [0.15, 0.2) is 5.88 Å². The number of furan rings is 1.